The number of aromatic nitrogens is 1. The van der Waals surface area contributed by atoms with Crippen LogP contribution in [0.4, 0.5) is 5.69 Å². The largest absolute Gasteiger partial charge is 0.461 e. The first-order chi connectivity index (χ1) is 9.72. The number of thioether (sulfide) groups is 1. The van der Waals surface area contributed by atoms with Crippen molar-refractivity contribution in [1.29, 1.82) is 0 Å². The fraction of sp³-hybridized carbons (Fsp3) is 0.0714. The monoisotopic (exact) mass is 306 g/mol. The van der Waals surface area contributed by atoms with Gasteiger partial charge >= 0.3 is 0 Å². The molecule has 0 spiro atoms. The quantitative estimate of drug-likeness (QED) is 0.569. The van der Waals surface area contributed by atoms with E-state index in [1.54, 1.807) is 36.2 Å². The second-order valence-corrected chi connectivity index (χ2v) is 5.56. The van der Waals surface area contributed by atoms with E-state index in [2.05, 4.69) is 5.16 Å². The van der Waals surface area contributed by atoms with E-state index < -0.39 is 0 Å². The van der Waals surface area contributed by atoms with Gasteiger partial charge in [0, 0.05) is 22.4 Å². The minimum absolute atomic E-state index is 0.615. The summed E-state index contributed by atoms with van der Waals surface area (Å²) in [4.78, 5) is 0.925. The van der Waals surface area contributed by atoms with Crippen LogP contribution in [0.3, 0.4) is 0 Å². The van der Waals surface area contributed by atoms with Crippen molar-refractivity contribution in [3.05, 3.63) is 53.4 Å². The number of anilines is 1. The highest BCUT2D eigenvalue weighted by atomic mass is 35.5. The Kier molecular flexibility index (Phi) is 3.71. The highest BCUT2D eigenvalue weighted by Gasteiger charge is 2.10. The topological polar surface area (TPSA) is 65.2 Å². The molecule has 0 aliphatic carbocycles. The lowest BCUT2D eigenvalue weighted by atomic mass is 10.3. The van der Waals surface area contributed by atoms with E-state index >= 15 is 0 Å². The summed E-state index contributed by atoms with van der Waals surface area (Å²) in [6.07, 6.45) is 1.60. The molecule has 3 aromatic rings. The number of furan rings is 1. The smallest absolute Gasteiger partial charge is 0.202 e. The maximum Gasteiger partial charge on any atom is 0.202 e. The molecule has 0 radical (unpaired) electrons. The first kappa shape index (κ1) is 13.1. The van der Waals surface area contributed by atoms with Crippen molar-refractivity contribution in [3.8, 4) is 11.5 Å². The van der Waals surface area contributed by atoms with Gasteiger partial charge < -0.3 is 14.7 Å². The SMILES string of the molecule is Nc1ccc(Cl)c(SCc2cc(-c3ccco3)on2)c1. The lowest BCUT2D eigenvalue weighted by Gasteiger charge is -2.03. The zero-order valence-corrected chi connectivity index (χ0v) is 11.9. The fourth-order valence-electron chi connectivity index (χ4n) is 1.70. The van der Waals surface area contributed by atoms with E-state index in [1.165, 1.54) is 0 Å². The molecule has 2 N–H and O–H groups in total. The van der Waals surface area contributed by atoms with E-state index in [4.69, 9.17) is 26.3 Å². The van der Waals surface area contributed by atoms with Crippen molar-refractivity contribution >= 4 is 29.1 Å². The van der Waals surface area contributed by atoms with Crippen LogP contribution >= 0.6 is 23.4 Å². The maximum atomic E-state index is 6.11. The van der Waals surface area contributed by atoms with Gasteiger partial charge in [0.1, 0.15) is 0 Å². The predicted octanol–water partition coefficient (Wildman–Crippen LogP) is 4.46. The molecule has 6 heteroatoms. The molecule has 0 saturated heterocycles. The molecule has 4 nitrogen and oxygen atoms in total. The normalized spacial score (nSPS) is 10.8. The molecule has 0 aliphatic rings. The molecule has 3 rings (SSSR count). The first-order valence-corrected chi connectivity index (χ1v) is 7.26. The van der Waals surface area contributed by atoms with Crippen LogP contribution in [0.25, 0.3) is 11.5 Å². The molecule has 0 unspecified atom stereocenters. The predicted molar refractivity (Wildman–Crippen MR) is 79.6 cm³/mol. The van der Waals surface area contributed by atoms with Gasteiger partial charge in [-0.2, -0.15) is 0 Å². The minimum atomic E-state index is 0.615. The Balaban J connectivity index is 1.71. The summed E-state index contributed by atoms with van der Waals surface area (Å²) in [5.41, 5.74) is 7.25. The third-order valence-electron chi connectivity index (χ3n) is 2.65. The Morgan fingerprint density at radius 2 is 2.10 bits per heavy atom. The molecule has 2 heterocycles. The summed E-state index contributed by atoms with van der Waals surface area (Å²) < 4.78 is 10.5. The number of hydrogen-bond acceptors (Lipinski definition) is 5. The number of rotatable bonds is 4. The number of nitrogen functional groups attached to an aromatic ring is 1. The van der Waals surface area contributed by atoms with Crippen LogP contribution in [-0.2, 0) is 5.75 Å². The van der Waals surface area contributed by atoms with Crippen LogP contribution in [0.15, 0.2) is 56.5 Å². The molecule has 0 saturated carbocycles. The van der Waals surface area contributed by atoms with Crippen molar-refractivity contribution in [2.24, 2.45) is 0 Å². The Morgan fingerprint density at radius 1 is 1.20 bits per heavy atom. The van der Waals surface area contributed by atoms with Crippen LogP contribution < -0.4 is 5.73 Å². The van der Waals surface area contributed by atoms with Gasteiger partial charge in [-0.25, -0.2) is 0 Å². The molecule has 0 fully saturated rings. The lowest BCUT2D eigenvalue weighted by Crippen LogP contribution is -1.86. The van der Waals surface area contributed by atoms with Crippen LogP contribution in [-0.4, -0.2) is 5.16 Å². The van der Waals surface area contributed by atoms with Gasteiger partial charge in [-0.05, 0) is 30.3 Å². The van der Waals surface area contributed by atoms with E-state index in [9.17, 15) is 0 Å². The van der Waals surface area contributed by atoms with Gasteiger partial charge in [0.05, 0.1) is 17.0 Å². The van der Waals surface area contributed by atoms with Crippen molar-refractivity contribution in [2.75, 3.05) is 5.73 Å². The highest BCUT2D eigenvalue weighted by Crippen LogP contribution is 2.32. The van der Waals surface area contributed by atoms with Crippen molar-refractivity contribution in [2.45, 2.75) is 10.6 Å². The standard InChI is InChI=1S/C14H11ClN2O2S/c15-11-4-3-9(16)6-14(11)20-8-10-7-13(19-17-10)12-2-1-5-18-12/h1-7H,8,16H2. The molecule has 2 aromatic heterocycles. The van der Waals surface area contributed by atoms with Crippen LogP contribution in [0.5, 0.6) is 0 Å². The molecule has 102 valence electrons. The van der Waals surface area contributed by atoms with Gasteiger partial charge in [-0.3, -0.25) is 0 Å². The van der Waals surface area contributed by atoms with Gasteiger partial charge in [0.2, 0.25) is 5.76 Å². The van der Waals surface area contributed by atoms with Gasteiger partial charge in [-0.1, -0.05) is 16.8 Å². The summed E-state index contributed by atoms with van der Waals surface area (Å²) in [6, 6.07) is 10.9. The van der Waals surface area contributed by atoms with Crippen LogP contribution in [0.2, 0.25) is 5.02 Å². The first-order valence-electron chi connectivity index (χ1n) is 5.89. The molecule has 0 atom stereocenters. The summed E-state index contributed by atoms with van der Waals surface area (Å²) in [5, 5.41) is 4.69. The zero-order chi connectivity index (χ0) is 13.9. The number of benzene rings is 1. The maximum absolute atomic E-state index is 6.11. The molecule has 1 aromatic carbocycles. The molecule has 0 aliphatic heterocycles. The number of nitrogens with two attached hydrogens (primary N) is 1. The molecule has 0 amide bonds. The second-order valence-electron chi connectivity index (χ2n) is 4.14. The molecule has 20 heavy (non-hydrogen) atoms. The van der Waals surface area contributed by atoms with E-state index in [0.29, 0.717) is 28.0 Å². The summed E-state index contributed by atoms with van der Waals surface area (Å²) in [6.45, 7) is 0. The van der Waals surface area contributed by atoms with Crippen molar-refractivity contribution in [1.82, 2.24) is 5.16 Å². The Bertz CT molecular complexity index is 710. The minimum Gasteiger partial charge on any atom is -0.461 e. The number of halogens is 1. The Labute approximate surface area is 124 Å². The average molecular weight is 307 g/mol. The summed E-state index contributed by atoms with van der Waals surface area (Å²) in [7, 11) is 0. The number of hydrogen-bond donors (Lipinski definition) is 1. The van der Waals surface area contributed by atoms with Gasteiger partial charge in [0.25, 0.3) is 0 Å². The van der Waals surface area contributed by atoms with E-state index in [-0.39, 0.29) is 0 Å². The average Bonchev–Trinajstić information content (AvgIpc) is 3.09. The van der Waals surface area contributed by atoms with Crippen molar-refractivity contribution in [3.63, 3.8) is 0 Å². The second kappa shape index (κ2) is 5.64. The Hall–Kier alpha value is -1.85. The van der Waals surface area contributed by atoms with Crippen molar-refractivity contribution < 1.29 is 8.94 Å². The lowest BCUT2D eigenvalue weighted by molar-refractivity contribution is 0.413. The Morgan fingerprint density at radius 3 is 2.90 bits per heavy atom. The third kappa shape index (κ3) is 2.84. The highest BCUT2D eigenvalue weighted by molar-refractivity contribution is 7.98. The van der Waals surface area contributed by atoms with Gasteiger partial charge in [-0.15, -0.1) is 11.8 Å². The third-order valence-corrected chi connectivity index (χ3v) is 4.18. The van der Waals surface area contributed by atoms with E-state index in [0.717, 1.165) is 10.6 Å². The van der Waals surface area contributed by atoms with Gasteiger partial charge in [0.15, 0.2) is 5.76 Å². The van der Waals surface area contributed by atoms with Crippen LogP contribution in [0, 0.1) is 0 Å². The fourth-order valence-corrected chi connectivity index (χ4v) is 2.84. The molecule has 0 bridgehead atoms. The number of nitrogens with zero attached hydrogens (tertiary/aromatic N) is 1. The summed E-state index contributed by atoms with van der Waals surface area (Å²) in [5.74, 6) is 1.92. The van der Waals surface area contributed by atoms with E-state index in [1.807, 2.05) is 18.2 Å². The summed E-state index contributed by atoms with van der Waals surface area (Å²) >= 11 is 7.67. The molecular weight excluding hydrogens is 296 g/mol. The molecular formula is C14H11ClN2O2S. The van der Waals surface area contributed by atoms with Crippen LogP contribution in [0.1, 0.15) is 5.69 Å². The zero-order valence-electron chi connectivity index (χ0n) is 10.4.